The summed E-state index contributed by atoms with van der Waals surface area (Å²) >= 11 is 1.12. The average Bonchev–Trinajstić information content (AvgIpc) is 2.76. The number of thiophene rings is 1. The minimum Gasteiger partial charge on any atom is -0.478 e. The van der Waals surface area contributed by atoms with Gasteiger partial charge in [0.25, 0.3) is 5.91 Å². The van der Waals surface area contributed by atoms with Gasteiger partial charge in [0.15, 0.2) is 0 Å². The first-order valence-electron chi connectivity index (χ1n) is 5.37. The molecule has 1 aromatic heterocycles. The maximum atomic E-state index is 13.0. The Morgan fingerprint density at radius 3 is 2.63 bits per heavy atom. The molecule has 0 radical (unpaired) electrons. The molecule has 1 amide bonds. The predicted molar refractivity (Wildman–Crippen MR) is 70.4 cm³/mol. The Balaban J connectivity index is 2.26. The molecular weight excluding hydrogens is 269 g/mol. The van der Waals surface area contributed by atoms with Gasteiger partial charge in [-0.05, 0) is 42.1 Å². The number of carbonyl (C=O) groups is 2. The van der Waals surface area contributed by atoms with E-state index in [9.17, 15) is 14.0 Å². The summed E-state index contributed by atoms with van der Waals surface area (Å²) in [5.41, 5.74) is 0.843. The number of benzene rings is 1. The van der Waals surface area contributed by atoms with E-state index < -0.39 is 17.7 Å². The zero-order valence-corrected chi connectivity index (χ0v) is 10.8. The summed E-state index contributed by atoms with van der Waals surface area (Å²) in [5.74, 6) is -1.98. The molecule has 0 saturated carbocycles. The number of carboxylic acid groups (broad SMARTS) is 1. The molecule has 0 atom stereocenters. The molecule has 0 saturated heterocycles. The van der Waals surface area contributed by atoms with Crippen LogP contribution in [0.5, 0.6) is 0 Å². The van der Waals surface area contributed by atoms with E-state index in [1.807, 2.05) is 0 Å². The van der Waals surface area contributed by atoms with Crippen molar-refractivity contribution in [3.05, 3.63) is 52.2 Å². The van der Waals surface area contributed by atoms with Crippen LogP contribution in [0.4, 0.5) is 9.39 Å². The van der Waals surface area contributed by atoms with Crippen LogP contribution < -0.4 is 5.32 Å². The van der Waals surface area contributed by atoms with Gasteiger partial charge >= 0.3 is 5.97 Å². The number of aromatic carboxylic acids is 1. The second-order valence-corrected chi connectivity index (χ2v) is 4.80. The Morgan fingerprint density at radius 1 is 1.26 bits per heavy atom. The molecule has 1 aromatic carbocycles. The number of anilines is 1. The zero-order valence-electron chi connectivity index (χ0n) is 9.94. The lowest BCUT2D eigenvalue weighted by Gasteiger charge is -2.07. The number of carbonyl (C=O) groups excluding carboxylic acids is 1. The van der Waals surface area contributed by atoms with Crippen LogP contribution in [-0.4, -0.2) is 17.0 Å². The highest BCUT2D eigenvalue weighted by atomic mass is 32.1. The van der Waals surface area contributed by atoms with Gasteiger partial charge in [0, 0.05) is 5.56 Å². The smallest absolute Gasteiger partial charge is 0.338 e. The largest absolute Gasteiger partial charge is 0.478 e. The van der Waals surface area contributed by atoms with E-state index in [0.717, 1.165) is 11.3 Å². The lowest BCUT2D eigenvalue weighted by Crippen LogP contribution is -2.14. The van der Waals surface area contributed by atoms with Crippen LogP contribution in [0.1, 0.15) is 26.3 Å². The van der Waals surface area contributed by atoms with Gasteiger partial charge in [-0.2, -0.15) is 0 Å². The van der Waals surface area contributed by atoms with Gasteiger partial charge in [-0.25, -0.2) is 9.18 Å². The normalized spacial score (nSPS) is 10.2. The first kappa shape index (κ1) is 13.2. The molecule has 2 rings (SSSR count). The van der Waals surface area contributed by atoms with Gasteiger partial charge in [0.1, 0.15) is 10.8 Å². The molecule has 2 N–H and O–H groups in total. The Labute approximate surface area is 112 Å². The summed E-state index contributed by atoms with van der Waals surface area (Å²) in [4.78, 5) is 22.9. The van der Waals surface area contributed by atoms with E-state index in [-0.39, 0.29) is 10.6 Å². The third-order valence-electron chi connectivity index (χ3n) is 2.56. The van der Waals surface area contributed by atoms with Crippen LogP contribution in [-0.2, 0) is 0 Å². The van der Waals surface area contributed by atoms with E-state index >= 15 is 0 Å². The van der Waals surface area contributed by atoms with Gasteiger partial charge in [0.05, 0.1) is 5.56 Å². The SMILES string of the molecule is Cc1cc(F)ccc1C(=O)Nc1sccc1C(=O)O. The predicted octanol–water partition coefficient (Wildman–Crippen LogP) is 3.15. The van der Waals surface area contributed by atoms with Crippen molar-refractivity contribution >= 4 is 28.2 Å². The highest BCUT2D eigenvalue weighted by Gasteiger charge is 2.16. The van der Waals surface area contributed by atoms with Crippen LogP contribution in [0.3, 0.4) is 0 Å². The van der Waals surface area contributed by atoms with E-state index in [2.05, 4.69) is 5.32 Å². The van der Waals surface area contributed by atoms with Crippen molar-refractivity contribution in [3.8, 4) is 0 Å². The number of rotatable bonds is 3. The summed E-state index contributed by atoms with van der Waals surface area (Å²) in [6.45, 7) is 1.62. The minimum atomic E-state index is -1.10. The Morgan fingerprint density at radius 2 is 2.00 bits per heavy atom. The van der Waals surface area contributed by atoms with Gasteiger partial charge in [0.2, 0.25) is 0 Å². The monoisotopic (exact) mass is 279 g/mol. The highest BCUT2D eigenvalue weighted by molar-refractivity contribution is 7.14. The molecule has 6 heteroatoms. The second kappa shape index (κ2) is 5.19. The minimum absolute atomic E-state index is 0.0399. The summed E-state index contributed by atoms with van der Waals surface area (Å²) in [6.07, 6.45) is 0. The van der Waals surface area contributed by atoms with Crippen molar-refractivity contribution in [2.45, 2.75) is 6.92 Å². The van der Waals surface area contributed by atoms with Gasteiger partial charge in [-0.1, -0.05) is 0 Å². The summed E-state index contributed by atoms with van der Waals surface area (Å²) in [7, 11) is 0. The number of hydrogen-bond acceptors (Lipinski definition) is 3. The van der Waals surface area contributed by atoms with E-state index in [1.165, 1.54) is 24.3 Å². The molecule has 0 spiro atoms. The Bertz CT molecular complexity index is 651. The van der Waals surface area contributed by atoms with Gasteiger partial charge < -0.3 is 10.4 Å². The van der Waals surface area contributed by atoms with Crippen LogP contribution >= 0.6 is 11.3 Å². The molecular formula is C13H10FNO3S. The third-order valence-corrected chi connectivity index (χ3v) is 3.39. The quantitative estimate of drug-likeness (QED) is 0.907. The van der Waals surface area contributed by atoms with E-state index in [1.54, 1.807) is 12.3 Å². The molecule has 0 fully saturated rings. The Kier molecular flexibility index (Phi) is 3.62. The molecule has 0 aliphatic heterocycles. The fourth-order valence-electron chi connectivity index (χ4n) is 1.63. The zero-order chi connectivity index (χ0) is 14.0. The molecule has 0 unspecified atom stereocenters. The van der Waals surface area contributed by atoms with E-state index in [0.29, 0.717) is 11.1 Å². The summed E-state index contributed by atoms with van der Waals surface area (Å²) in [6, 6.07) is 5.23. The van der Waals surface area contributed by atoms with Crippen molar-refractivity contribution in [3.63, 3.8) is 0 Å². The highest BCUT2D eigenvalue weighted by Crippen LogP contribution is 2.24. The average molecular weight is 279 g/mol. The van der Waals surface area contributed by atoms with Crippen molar-refractivity contribution in [2.24, 2.45) is 0 Å². The third kappa shape index (κ3) is 2.79. The number of halogens is 1. The van der Waals surface area contributed by atoms with Crippen molar-refractivity contribution in [1.29, 1.82) is 0 Å². The number of hydrogen-bond donors (Lipinski definition) is 2. The molecule has 4 nitrogen and oxygen atoms in total. The fraction of sp³-hybridized carbons (Fsp3) is 0.0769. The van der Waals surface area contributed by atoms with Gasteiger partial charge in [-0.3, -0.25) is 4.79 Å². The molecule has 0 aliphatic carbocycles. The second-order valence-electron chi connectivity index (χ2n) is 3.88. The van der Waals surface area contributed by atoms with Crippen molar-refractivity contribution in [2.75, 3.05) is 5.32 Å². The first-order chi connectivity index (χ1) is 8.99. The molecule has 98 valence electrons. The lowest BCUT2D eigenvalue weighted by atomic mass is 10.1. The van der Waals surface area contributed by atoms with Crippen LogP contribution in [0.15, 0.2) is 29.6 Å². The topological polar surface area (TPSA) is 66.4 Å². The number of carboxylic acids is 1. The fourth-order valence-corrected chi connectivity index (χ4v) is 2.40. The molecule has 0 aliphatic rings. The van der Waals surface area contributed by atoms with E-state index in [4.69, 9.17) is 5.11 Å². The Hall–Kier alpha value is -2.21. The van der Waals surface area contributed by atoms with Crippen LogP contribution in [0.2, 0.25) is 0 Å². The lowest BCUT2D eigenvalue weighted by molar-refractivity contribution is 0.0698. The van der Waals surface area contributed by atoms with Crippen LogP contribution in [0, 0.1) is 12.7 Å². The molecule has 0 bridgehead atoms. The van der Waals surface area contributed by atoms with Gasteiger partial charge in [-0.15, -0.1) is 11.3 Å². The molecule has 2 aromatic rings. The molecule has 19 heavy (non-hydrogen) atoms. The summed E-state index contributed by atoms with van der Waals surface area (Å²) < 4.78 is 13.0. The maximum absolute atomic E-state index is 13.0. The maximum Gasteiger partial charge on any atom is 0.338 e. The van der Waals surface area contributed by atoms with Crippen molar-refractivity contribution < 1.29 is 19.1 Å². The summed E-state index contributed by atoms with van der Waals surface area (Å²) in [5, 5.41) is 13.3. The van der Waals surface area contributed by atoms with Crippen molar-refractivity contribution in [1.82, 2.24) is 0 Å². The number of aryl methyl sites for hydroxylation is 1. The number of nitrogens with one attached hydrogen (secondary N) is 1. The first-order valence-corrected chi connectivity index (χ1v) is 6.25. The van der Waals surface area contributed by atoms with Crippen LogP contribution in [0.25, 0.3) is 0 Å². The molecule has 1 heterocycles. The standard InChI is InChI=1S/C13H10FNO3S/c1-7-6-8(14)2-3-9(7)11(16)15-12-10(13(17)18)4-5-19-12/h2-6H,1H3,(H,15,16)(H,17,18). The number of amides is 1.